The first-order valence-electron chi connectivity index (χ1n) is 6.32. The number of halogens is 1. The Balaban J connectivity index is 2.35. The molecule has 0 heterocycles. The van der Waals surface area contributed by atoms with Gasteiger partial charge in [0.2, 0.25) is 0 Å². The summed E-state index contributed by atoms with van der Waals surface area (Å²) in [5.74, 6) is -0.182. The minimum absolute atomic E-state index is 0.127. The van der Waals surface area contributed by atoms with Crippen LogP contribution in [0.3, 0.4) is 0 Å². The highest BCUT2D eigenvalue weighted by Gasteiger charge is 2.15. The van der Waals surface area contributed by atoms with Crippen LogP contribution in [0.1, 0.15) is 17.2 Å². The van der Waals surface area contributed by atoms with E-state index in [1.807, 2.05) is 62.4 Å². The molecule has 0 fully saturated rings. The number of hydrogen-bond acceptors (Lipinski definition) is 2. The van der Waals surface area contributed by atoms with E-state index in [0.717, 1.165) is 11.3 Å². The van der Waals surface area contributed by atoms with Crippen LogP contribution in [0.2, 0.25) is 0 Å². The highest BCUT2D eigenvalue weighted by molar-refractivity contribution is 5.47. The monoisotopic (exact) mass is 258 g/mol. The maximum Gasteiger partial charge on any atom is 0.128 e. The fourth-order valence-electron chi connectivity index (χ4n) is 2.18. The maximum atomic E-state index is 13.9. The third-order valence-electron chi connectivity index (χ3n) is 3.25. The van der Waals surface area contributed by atoms with E-state index >= 15 is 0 Å². The van der Waals surface area contributed by atoms with Gasteiger partial charge in [-0.3, -0.25) is 0 Å². The van der Waals surface area contributed by atoms with Crippen LogP contribution in [0.25, 0.3) is 0 Å². The van der Waals surface area contributed by atoms with Gasteiger partial charge in [0.05, 0.1) is 6.04 Å². The molecule has 0 aromatic heterocycles. The Morgan fingerprint density at radius 3 is 2.16 bits per heavy atom. The van der Waals surface area contributed by atoms with Crippen molar-refractivity contribution >= 4 is 5.69 Å². The maximum absolute atomic E-state index is 13.9. The molecule has 3 heteroatoms. The van der Waals surface area contributed by atoms with E-state index in [1.54, 1.807) is 6.07 Å². The Morgan fingerprint density at radius 1 is 1.00 bits per heavy atom. The van der Waals surface area contributed by atoms with E-state index in [4.69, 9.17) is 0 Å². The summed E-state index contributed by atoms with van der Waals surface area (Å²) in [5.41, 5.74) is 2.85. The molecular weight excluding hydrogens is 239 g/mol. The second-order valence-electron chi connectivity index (χ2n) is 4.73. The standard InChI is InChI=1S/C16H19FN2/c1-18-16(14-6-4-5-7-15(14)17)12-8-10-13(11-9-12)19(2)3/h4-11,16,18H,1-3H3. The molecule has 0 radical (unpaired) electrons. The Kier molecular flexibility index (Phi) is 4.17. The summed E-state index contributed by atoms with van der Waals surface area (Å²) in [6, 6.07) is 14.9. The molecule has 2 nitrogen and oxygen atoms in total. The Morgan fingerprint density at radius 2 is 1.63 bits per heavy atom. The van der Waals surface area contributed by atoms with E-state index in [-0.39, 0.29) is 11.9 Å². The van der Waals surface area contributed by atoms with E-state index in [1.165, 1.54) is 6.07 Å². The Hall–Kier alpha value is -1.87. The molecule has 0 aliphatic carbocycles. The molecule has 2 aromatic carbocycles. The fraction of sp³-hybridized carbons (Fsp3) is 0.250. The lowest BCUT2D eigenvalue weighted by Crippen LogP contribution is -2.19. The zero-order chi connectivity index (χ0) is 13.8. The van der Waals surface area contributed by atoms with Gasteiger partial charge in [-0.15, -0.1) is 0 Å². The Bertz CT molecular complexity index is 535. The van der Waals surface area contributed by atoms with Crippen LogP contribution in [0.5, 0.6) is 0 Å². The molecule has 1 unspecified atom stereocenters. The van der Waals surface area contributed by atoms with E-state index in [2.05, 4.69) is 5.32 Å². The Labute approximate surface area is 113 Å². The topological polar surface area (TPSA) is 15.3 Å². The van der Waals surface area contributed by atoms with Crippen LogP contribution < -0.4 is 10.2 Å². The summed E-state index contributed by atoms with van der Waals surface area (Å²) in [7, 11) is 5.85. The number of benzene rings is 2. The first kappa shape index (κ1) is 13.6. The lowest BCUT2D eigenvalue weighted by atomic mass is 9.98. The highest BCUT2D eigenvalue weighted by Crippen LogP contribution is 2.25. The molecule has 2 rings (SSSR count). The zero-order valence-corrected chi connectivity index (χ0v) is 11.5. The molecule has 0 aliphatic heterocycles. The third kappa shape index (κ3) is 2.93. The highest BCUT2D eigenvalue weighted by atomic mass is 19.1. The first-order valence-corrected chi connectivity index (χ1v) is 6.32. The number of anilines is 1. The summed E-state index contributed by atoms with van der Waals surface area (Å²) in [4.78, 5) is 2.04. The first-order chi connectivity index (χ1) is 9.13. The van der Waals surface area contributed by atoms with Gasteiger partial charge in [-0.2, -0.15) is 0 Å². The van der Waals surface area contributed by atoms with Crippen molar-refractivity contribution in [3.63, 3.8) is 0 Å². The lowest BCUT2D eigenvalue weighted by molar-refractivity contribution is 0.576. The van der Waals surface area contributed by atoms with Crippen LogP contribution in [-0.4, -0.2) is 21.1 Å². The van der Waals surface area contributed by atoms with Gasteiger partial charge in [0.25, 0.3) is 0 Å². The summed E-state index contributed by atoms with van der Waals surface area (Å²) < 4.78 is 13.9. The van der Waals surface area contributed by atoms with Crippen molar-refractivity contribution in [2.75, 3.05) is 26.0 Å². The molecule has 0 saturated heterocycles. The summed E-state index contributed by atoms with van der Waals surface area (Å²) in [5, 5.41) is 3.17. The van der Waals surface area contributed by atoms with Crippen LogP contribution >= 0.6 is 0 Å². The zero-order valence-electron chi connectivity index (χ0n) is 11.5. The van der Waals surface area contributed by atoms with Gasteiger partial charge in [-0.05, 0) is 30.8 Å². The SMILES string of the molecule is CNC(c1ccc(N(C)C)cc1)c1ccccc1F. The molecular formula is C16H19FN2. The van der Waals surface area contributed by atoms with Gasteiger partial charge in [0.1, 0.15) is 5.82 Å². The molecule has 1 atom stereocenters. The minimum Gasteiger partial charge on any atom is -0.378 e. The van der Waals surface area contributed by atoms with E-state index < -0.39 is 0 Å². The predicted molar refractivity (Wildman–Crippen MR) is 78.1 cm³/mol. The quantitative estimate of drug-likeness (QED) is 0.906. The van der Waals surface area contributed by atoms with E-state index in [9.17, 15) is 4.39 Å². The molecule has 0 bridgehead atoms. The van der Waals surface area contributed by atoms with Crippen LogP contribution in [0.15, 0.2) is 48.5 Å². The number of hydrogen-bond donors (Lipinski definition) is 1. The van der Waals surface area contributed by atoms with Gasteiger partial charge in [-0.1, -0.05) is 30.3 Å². The lowest BCUT2D eigenvalue weighted by Gasteiger charge is -2.19. The normalized spacial score (nSPS) is 12.2. The average Bonchev–Trinajstić information content (AvgIpc) is 2.42. The van der Waals surface area contributed by atoms with Gasteiger partial charge in [0.15, 0.2) is 0 Å². The third-order valence-corrected chi connectivity index (χ3v) is 3.25. The summed E-state index contributed by atoms with van der Waals surface area (Å²) >= 11 is 0. The summed E-state index contributed by atoms with van der Waals surface area (Å²) in [6.07, 6.45) is 0. The number of nitrogens with one attached hydrogen (secondary N) is 1. The van der Waals surface area contributed by atoms with Crippen molar-refractivity contribution < 1.29 is 4.39 Å². The number of rotatable bonds is 4. The second kappa shape index (κ2) is 5.85. The minimum atomic E-state index is -0.182. The summed E-state index contributed by atoms with van der Waals surface area (Å²) in [6.45, 7) is 0. The van der Waals surface area contributed by atoms with Crippen LogP contribution in [0.4, 0.5) is 10.1 Å². The molecule has 0 aliphatic rings. The molecule has 0 spiro atoms. The molecule has 2 aromatic rings. The van der Waals surface area contributed by atoms with Crippen LogP contribution in [-0.2, 0) is 0 Å². The molecule has 100 valence electrons. The van der Waals surface area contributed by atoms with E-state index in [0.29, 0.717) is 5.56 Å². The second-order valence-corrected chi connectivity index (χ2v) is 4.73. The van der Waals surface area contributed by atoms with Crippen molar-refractivity contribution in [3.8, 4) is 0 Å². The predicted octanol–water partition coefficient (Wildman–Crippen LogP) is 3.20. The van der Waals surface area contributed by atoms with Crippen molar-refractivity contribution in [2.24, 2.45) is 0 Å². The van der Waals surface area contributed by atoms with Crippen molar-refractivity contribution in [1.82, 2.24) is 5.32 Å². The van der Waals surface area contributed by atoms with Gasteiger partial charge in [0, 0.05) is 25.3 Å². The number of nitrogens with zero attached hydrogens (tertiary/aromatic N) is 1. The largest absolute Gasteiger partial charge is 0.378 e. The van der Waals surface area contributed by atoms with Gasteiger partial charge >= 0.3 is 0 Å². The molecule has 0 saturated carbocycles. The molecule has 0 amide bonds. The van der Waals surface area contributed by atoms with Crippen LogP contribution in [0, 0.1) is 5.82 Å². The van der Waals surface area contributed by atoms with Crippen molar-refractivity contribution in [2.45, 2.75) is 6.04 Å². The fourth-order valence-corrected chi connectivity index (χ4v) is 2.18. The molecule has 19 heavy (non-hydrogen) atoms. The van der Waals surface area contributed by atoms with Gasteiger partial charge < -0.3 is 10.2 Å². The van der Waals surface area contributed by atoms with Gasteiger partial charge in [-0.25, -0.2) is 4.39 Å². The smallest absolute Gasteiger partial charge is 0.128 e. The molecule has 1 N–H and O–H groups in total. The van der Waals surface area contributed by atoms with Crippen molar-refractivity contribution in [3.05, 3.63) is 65.5 Å². The van der Waals surface area contributed by atoms with Crippen molar-refractivity contribution in [1.29, 1.82) is 0 Å². The average molecular weight is 258 g/mol.